The fraction of sp³-hybridized carbons (Fsp3) is 0.381. The van der Waals surface area contributed by atoms with Crippen LogP contribution in [0.2, 0.25) is 0 Å². The van der Waals surface area contributed by atoms with Gasteiger partial charge in [-0.1, -0.05) is 35.5 Å². The minimum atomic E-state index is -0.553. The number of likely N-dealkylation sites (tertiary alicyclic amines) is 1. The molecule has 1 aliphatic rings. The first-order chi connectivity index (χ1) is 14.5. The Morgan fingerprint density at radius 2 is 1.97 bits per heavy atom. The molecule has 1 amide bonds. The lowest BCUT2D eigenvalue weighted by molar-refractivity contribution is -0.389. The van der Waals surface area contributed by atoms with E-state index in [-0.39, 0.29) is 24.0 Å². The Labute approximate surface area is 173 Å². The van der Waals surface area contributed by atoms with Crippen LogP contribution in [0.15, 0.2) is 47.1 Å². The SMILES string of the molecule is Cc1onc(C(=O)N2CCC(Cc3ccccc3)CC2)c1Cn1ccc([N+](=O)[O-])n1. The summed E-state index contributed by atoms with van der Waals surface area (Å²) in [5.74, 6) is 0.661. The van der Waals surface area contributed by atoms with E-state index in [1.54, 1.807) is 6.92 Å². The summed E-state index contributed by atoms with van der Waals surface area (Å²) in [4.78, 5) is 25.2. The van der Waals surface area contributed by atoms with E-state index < -0.39 is 4.92 Å². The monoisotopic (exact) mass is 409 g/mol. The van der Waals surface area contributed by atoms with E-state index >= 15 is 0 Å². The highest BCUT2D eigenvalue weighted by Gasteiger charge is 2.29. The molecule has 0 N–H and O–H groups in total. The zero-order valence-electron chi connectivity index (χ0n) is 16.7. The summed E-state index contributed by atoms with van der Waals surface area (Å²) in [5.41, 5.74) is 2.18. The number of carbonyl (C=O) groups excluding carboxylic acids is 1. The predicted molar refractivity (Wildman–Crippen MR) is 108 cm³/mol. The summed E-state index contributed by atoms with van der Waals surface area (Å²) < 4.78 is 6.68. The van der Waals surface area contributed by atoms with Crippen molar-refractivity contribution in [1.82, 2.24) is 19.8 Å². The van der Waals surface area contributed by atoms with Crippen molar-refractivity contribution >= 4 is 11.7 Å². The fourth-order valence-corrected chi connectivity index (χ4v) is 3.88. The molecule has 0 aliphatic carbocycles. The molecule has 0 unspecified atom stereocenters. The summed E-state index contributed by atoms with van der Waals surface area (Å²) in [7, 11) is 0. The van der Waals surface area contributed by atoms with Gasteiger partial charge in [-0.15, -0.1) is 0 Å². The standard InChI is InChI=1S/C21H23N5O4/c1-15-18(14-25-12-9-19(22-25)26(28)29)20(23-30-15)21(27)24-10-7-17(8-11-24)13-16-5-3-2-4-6-16/h2-6,9,12,17H,7-8,10-11,13-14H2,1H3. The minimum Gasteiger partial charge on any atom is -0.361 e. The van der Waals surface area contributed by atoms with Crippen LogP contribution in [0.5, 0.6) is 0 Å². The average Bonchev–Trinajstić information content (AvgIpc) is 3.37. The molecule has 156 valence electrons. The van der Waals surface area contributed by atoms with Crippen molar-refractivity contribution in [3.05, 3.63) is 75.3 Å². The lowest BCUT2D eigenvalue weighted by atomic mass is 9.90. The molecular weight excluding hydrogens is 386 g/mol. The topological polar surface area (TPSA) is 107 Å². The maximum Gasteiger partial charge on any atom is 0.389 e. The van der Waals surface area contributed by atoms with E-state index in [0.717, 1.165) is 19.3 Å². The van der Waals surface area contributed by atoms with Crippen LogP contribution >= 0.6 is 0 Å². The lowest BCUT2D eigenvalue weighted by Gasteiger charge is -2.31. The quantitative estimate of drug-likeness (QED) is 0.457. The Morgan fingerprint density at radius 1 is 1.23 bits per heavy atom. The number of aryl methyl sites for hydroxylation is 1. The molecule has 0 atom stereocenters. The van der Waals surface area contributed by atoms with Gasteiger partial charge >= 0.3 is 5.82 Å². The summed E-state index contributed by atoms with van der Waals surface area (Å²) >= 11 is 0. The van der Waals surface area contributed by atoms with Gasteiger partial charge in [-0.3, -0.25) is 4.79 Å². The zero-order chi connectivity index (χ0) is 21.1. The van der Waals surface area contributed by atoms with Crippen LogP contribution in [0.25, 0.3) is 0 Å². The van der Waals surface area contributed by atoms with E-state index in [1.165, 1.54) is 22.5 Å². The van der Waals surface area contributed by atoms with Crippen molar-refractivity contribution in [2.75, 3.05) is 13.1 Å². The number of carbonyl (C=O) groups is 1. The van der Waals surface area contributed by atoms with Crippen LogP contribution in [-0.4, -0.2) is 43.8 Å². The van der Waals surface area contributed by atoms with Gasteiger partial charge in [-0.05, 0) is 42.6 Å². The molecule has 0 saturated carbocycles. The van der Waals surface area contributed by atoms with Crippen molar-refractivity contribution in [2.45, 2.75) is 32.7 Å². The van der Waals surface area contributed by atoms with Crippen LogP contribution in [0, 0.1) is 23.0 Å². The normalized spacial score (nSPS) is 14.8. The molecule has 4 rings (SSSR count). The second-order valence-electron chi connectivity index (χ2n) is 7.62. The average molecular weight is 409 g/mol. The maximum absolute atomic E-state index is 13.1. The second kappa shape index (κ2) is 8.48. The van der Waals surface area contributed by atoms with E-state index in [9.17, 15) is 14.9 Å². The molecule has 3 aromatic rings. The molecule has 9 heteroatoms. The first-order valence-corrected chi connectivity index (χ1v) is 9.97. The highest BCUT2D eigenvalue weighted by Crippen LogP contribution is 2.24. The van der Waals surface area contributed by atoms with Crippen LogP contribution in [0.4, 0.5) is 5.82 Å². The molecule has 1 aromatic carbocycles. The van der Waals surface area contributed by atoms with Gasteiger partial charge in [0.1, 0.15) is 5.76 Å². The Hall–Kier alpha value is -3.49. The second-order valence-corrected chi connectivity index (χ2v) is 7.62. The molecule has 1 saturated heterocycles. The Bertz CT molecular complexity index is 1030. The largest absolute Gasteiger partial charge is 0.389 e. The van der Waals surface area contributed by atoms with Crippen LogP contribution in [-0.2, 0) is 13.0 Å². The van der Waals surface area contributed by atoms with Crippen LogP contribution < -0.4 is 0 Å². The lowest BCUT2D eigenvalue weighted by Crippen LogP contribution is -2.39. The summed E-state index contributed by atoms with van der Waals surface area (Å²) in [5, 5.41) is 18.7. The molecule has 3 heterocycles. The van der Waals surface area contributed by atoms with Gasteiger partial charge in [0, 0.05) is 13.1 Å². The number of aromatic nitrogens is 3. The number of benzene rings is 1. The third kappa shape index (κ3) is 4.24. The summed E-state index contributed by atoms with van der Waals surface area (Å²) in [6, 6.07) is 11.7. The van der Waals surface area contributed by atoms with E-state index in [4.69, 9.17) is 4.52 Å². The highest BCUT2D eigenvalue weighted by atomic mass is 16.6. The number of hydrogen-bond acceptors (Lipinski definition) is 6. The van der Waals surface area contributed by atoms with Gasteiger partial charge in [0.05, 0.1) is 29.5 Å². The van der Waals surface area contributed by atoms with Crippen molar-refractivity contribution in [3.8, 4) is 0 Å². The van der Waals surface area contributed by atoms with E-state index in [0.29, 0.717) is 30.3 Å². The van der Waals surface area contributed by atoms with Gasteiger partial charge in [-0.2, -0.15) is 4.68 Å². The molecule has 1 fully saturated rings. The minimum absolute atomic E-state index is 0.165. The smallest absolute Gasteiger partial charge is 0.361 e. The molecule has 0 radical (unpaired) electrons. The van der Waals surface area contributed by atoms with Gasteiger partial charge in [0.15, 0.2) is 5.69 Å². The number of hydrogen-bond donors (Lipinski definition) is 0. The number of rotatable bonds is 6. The highest BCUT2D eigenvalue weighted by molar-refractivity contribution is 5.93. The van der Waals surface area contributed by atoms with Gasteiger partial charge < -0.3 is 19.5 Å². The van der Waals surface area contributed by atoms with Crippen LogP contribution in [0.1, 0.15) is 40.2 Å². The number of piperidine rings is 1. The first kappa shape index (κ1) is 19.8. The van der Waals surface area contributed by atoms with Crippen LogP contribution in [0.3, 0.4) is 0 Å². The Morgan fingerprint density at radius 3 is 2.63 bits per heavy atom. The molecule has 9 nitrogen and oxygen atoms in total. The predicted octanol–water partition coefficient (Wildman–Crippen LogP) is 3.23. The molecule has 2 aromatic heterocycles. The molecule has 0 bridgehead atoms. The maximum atomic E-state index is 13.1. The summed E-state index contributed by atoms with van der Waals surface area (Å²) in [6.45, 7) is 3.27. The molecule has 30 heavy (non-hydrogen) atoms. The van der Waals surface area contributed by atoms with Crippen molar-refractivity contribution in [1.29, 1.82) is 0 Å². The van der Waals surface area contributed by atoms with Gasteiger partial charge in [-0.25, -0.2) is 0 Å². The number of nitrogens with zero attached hydrogens (tertiary/aromatic N) is 5. The fourth-order valence-electron chi connectivity index (χ4n) is 3.88. The number of nitro groups is 1. The van der Waals surface area contributed by atoms with Gasteiger partial charge in [0.25, 0.3) is 5.91 Å². The third-order valence-electron chi connectivity index (χ3n) is 5.59. The third-order valence-corrected chi connectivity index (χ3v) is 5.59. The van der Waals surface area contributed by atoms with Gasteiger partial charge in [0.2, 0.25) is 0 Å². The van der Waals surface area contributed by atoms with E-state index in [1.807, 2.05) is 11.0 Å². The molecular formula is C21H23N5O4. The summed E-state index contributed by atoms with van der Waals surface area (Å²) in [6.07, 6.45) is 4.42. The molecule has 1 aliphatic heterocycles. The zero-order valence-corrected chi connectivity index (χ0v) is 16.7. The Kier molecular flexibility index (Phi) is 5.60. The Balaban J connectivity index is 1.41. The first-order valence-electron chi connectivity index (χ1n) is 9.97. The molecule has 0 spiro atoms. The number of amides is 1. The van der Waals surface area contributed by atoms with E-state index in [2.05, 4.69) is 34.5 Å². The van der Waals surface area contributed by atoms with Crippen molar-refractivity contribution < 1.29 is 14.2 Å². The van der Waals surface area contributed by atoms with Crippen molar-refractivity contribution in [2.24, 2.45) is 5.92 Å². The van der Waals surface area contributed by atoms with Crippen molar-refractivity contribution in [3.63, 3.8) is 0 Å².